The van der Waals surface area contributed by atoms with Crippen LogP contribution in [0.15, 0.2) is 29.2 Å². The van der Waals surface area contributed by atoms with E-state index in [1.165, 1.54) is 13.2 Å². The standard InChI is InChI=1S/C19H24ClN3O4S/c1-12-10-13(2)22-19(21-12)27-16-7-5-15(6-8-16)23-28(24,25)18-11-14(20)4-9-17(18)26-3/h4,9-11,15-16,23H,5-8H2,1-3H3. The molecule has 0 aliphatic heterocycles. The second-order valence-electron chi connectivity index (χ2n) is 6.94. The van der Waals surface area contributed by atoms with E-state index in [-0.39, 0.29) is 22.8 Å². The number of sulfonamides is 1. The van der Waals surface area contributed by atoms with Crippen LogP contribution in [-0.4, -0.2) is 37.6 Å². The third kappa shape index (κ3) is 5.12. The zero-order valence-electron chi connectivity index (χ0n) is 16.1. The first-order valence-electron chi connectivity index (χ1n) is 9.11. The van der Waals surface area contributed by atoms with Crippen LogP contribution in [-0.2, 0) is 10.0 Å². The van der Waals surface area contributed by atoms with Crippen LogP contribution in [0.2, 0.25) is 5.02 Å². The number of ether oxygens (including phenoxy) is 2. The quantitative estimate of drug-likeness (QED) is 0.762. The Kier molecular flexibility index (Phi) is 6.42. The summed E-state index contributed by atoms with van der Waals surface area (Å²) in [4.78, 5) is 8.65. The van der Waals surface area contributed by atoms with Crippen LogP contribution < -0.4 is 14.2 Å². The molecule has 0 unspecified atom stereocenters. The SMILES string of the molecule is COc1ccc(Cl)cc1S(=O)(=O)NC1CCC(Oc2nc(C)cc(C)n2)CC1. The Balaban J connectivity index is 1.61. The van der Waals surface area contributed by atoms with Crippen molar-refractivity contribution in [3.05, 3.63) is 40.7 Å². The molecule has 1 saturated carbocycles. The zero-order chi connectivity index (χ0) is 20.3. The van der Waals surface area contributed by atoms with Gasteiger partial charge in [0.05, 0.1) is 7.11 Å². The fraction of sp³-hybridized carbons (Fsp3) is 0.474. The molecule has 0 saturated heterocycles. The van der Waals surface area contributed by atoms with Crippen LogP contribution in [0.5, 0.6) is 11.8 Å². The number of nitrogens with zero attached hydrogens (tertiary/aromatic N) is 2. The molecule has 1 heterocycles. The highest BCUT2D eigenvalue weighted by molar-refractivity contribution is 7.89. The van der Waals surface area contributed by atoms with Crippen LogP contribution in [0, 0.1) is 13.8 Å². The maximum Gasteiger partial charge on any atom is 0.317 e. The van der Waals surface area contributed by atoms with Crippen LogP contribution >= 0.6 is 11.6 Å². The van der Waals surface area contributed by atoms with Crippen molar-refractivity contribution in [2.45, 2.75) is 56.6 Å². The lowest BCUT2D eigenvalue weighted by Gasteiger charge is -2.29. The lowest BCUT2D eigenvalue weighted by Crippen LogP contribution is -2.39. The molecule has 0 atom stereocenters. The van der Waals surface area contributed by atoms with Crippen LogP contribution in [0.4, 0.5) is 0 Å². The van der Waals surface area contributed by atoms with E-state index in [1.807, 2.05) is 19.9 Å². The molecule has 28 heavy (non-hydrogen) atoms. The Morgan fingerprint density at radius 1 is 1.07 bits per heavy atom. The van der Waals surface area contributed by atoms with Crippen LogP contribution in [0.25, 0.3) is 0 Å². The summed E-state index contributed by atoms with van der Waals surface area (Å²) in [7, 11) is -2.31. The smallest absolute Gasteiger partial charge is 0.317 e. The minimum atomic E-state index is -3.74. The molecule has 0 amide bonds. The van der Waals surface area contributed by atoms with E-state index in [4.69, 9.17) is 21.1 Å². The van der Waals surface area contributed by atoms with Crippen LogP contribution in [0.1, 0.15) is 37.1 Å². The number of halogens is 1. The van der Waals surface area contributed by atoms with Crippen molar-refractivity contribution in [2.24, 2.45) is 0 Å². The molecule has 1 N–H and O–H groups in total. The first kappa shape index (κ1) is 20.8. The summed E-state index contributed by atoms with van der Waals surface area (Å²) in [6, 6.07) is 6.64. The van der Waals surface area contributed by atoms with Gasteiger partial charge in [-0.1, -0.05) is 11.6 Å². The minimum absolute atomic E-state index is 0.0253. The van der Waals surface area contributed by atoms with Gasteiger partial charge < -0.3 is 9.47 Å². The molecule has 152 valence electrons. The van der Waals surface area contributed by atoms with Gasteiger partial charge in [0.2, 0.25) is 10.0 Å². The summed E-state index contributed by atoms with van der Waals surface area (Å²) in [6.45, 7) is 3.80. The van der Waals surface area contributed by atoms with Gasteiger partial charge in [-0.15, -0.1) is 0 Å². The topological polar surface area (TPSA) is 90.4 Å². The summed E-state index contributed by atoms with van der Waals surface area (Å²) in [5.41, 5.74) is 1.72. The minimum Gasteiger partial charge on any atom is -0.495 e. The average molecular weight is 426 g/mol. The van der Waals surface area contributed by atoms with Gasteiger partial charge in [-0.2, -0.15) is 0 Å². The molecular formula is C19H24ClN3O4S. The lowest BCUT2D eigenvalue weighted by atomic mass is 9.94. The van der Waals surface area contributed by atoms with E-state index in [0.717, 1.165) is 24.2 Å². The average Bonchev–Trinajstić information content (AvgIpc) is 2.62. The van der Waals surface area contributed by atoms with Crippen molar-refractivity contribution in [3.63, 3.8) is 0 Å². The fourth-order valence-electron chi connectivity index (χ4n) is 3.34. The van der Waals surface area contributed by atoms with E-state index in [1.54, 1.807) is 12.1 Å². The number of nitrogens with one attached hydrogen (secondary N) is 1. The number of aromatic nitrogens is 2. The van der Waals surface area contributed by atoms with E-state index >= 15 is 0 Å². The first-order valence-corrected chi connectivity index (χ1v) is 11.0. The van der Waals surface area contributed by atoms with E-state index in [9.17, 15) is 8.42 Å². The van der Waals surface area contributed by atoms with E-state index in [2.05, 4.69) is 14.7 Å². The summed E-state index contributed by atoms with van der Waals surface area (Å²) in [5.74, 6) is 0.265. The summed E-state index contributed by atoms with van der Waals surface area (Å²) in [6.07, 6.45) is 2.74. The Morgan fingerprint density at radius 3 is 2.32 bits per heavy atom. The molecule has 9 heteroatoms. The molecule has 2 aromatic rings. The monoisotopic (exact) mass is 425 g/mol. The van der Waals surface area contributed by atoms with Gasteiger partial charge in [0.15, 0.2) is 0 Å². The second kappa shape index (κ2) is 8.63. The lowest BCUT2D eigenvalue weighted by molar-refractivity contribution is 0.131. The molecule has 1 aliphatic rings. The third-order valence-electron chi connectivity index (χ3n) is 4.65. The van der Waals surface area contributed by atoms with Gasteiger partial charge >= 0.3 is 6.01 Å². The van der Waals surface area contributed by atoms with E-state index < -0.39 is 10.0 Å². The van der Waals surface area contributed by atoms with Crippen molar-refractivity contribution < 1.29 is 17.9 Å². The zero-order valence-corrected chi connectivity index (χ0v) is 17.7. The Labute approximate surface area is 170 Å². The molecule has 1 aliphatic carbocycles. The molecule has 3 rings (SSSR count). The summed E-state index contributed by atoms with van der Waals surface area (Å²) < 4.78 is 39.4. The predicted molar refractivity (Wildman–Crippen MR) is 107 cm³/mol. The molecule has 0 radical (unpaired) electrons. The van der Waals surface area contributed by atoms with Gasteiger partial charge in [-0.3, -0.25) is 0 Å². The van der Waals surface area contributed by atoms with Gasteiger partial charge in [0, 0.05) is 22.5 Å². The number of hydrogen-bond acceptors (Lipinski definition) is 6. The predicted octanol–water partition coefficient (Wildman–Crippen LogP) is 3.42. The summed E-state index contributed by atoms with van der Waals surface area (Å²) >= 11 is 5.96. The molecule has 1 fully saturated rings. The highest BCUT2D eigenvalue weighted by atomic mass is 35.5. The summed E-state index contributed by atoms with van der Waals surface area (Å²) in [5, 5.41) is 0.340. The molecule has 1 aromatic heterocycles. The Morgan fingerprint density at radius 2 is 1.71 bits per heavy atom. The highest BCUT2D eigenvalue weighted by Crippen LogP contribution is 2.29. The van der Waals surface area contributed by atoms with Gasteiger partial charge in [-0.05, 0) is 63.8 Å². The molecule has 0 spiro atoms. The number of benzene rings is 1. The van der Waals surface area contributed by atoms with E-state index in [0.29, 0.717) is 23.9 Å². The maximum absolute atomic E-state index is 12.8. The third-order valence-corrected chi connectivity index (χ3v) is 6.42. The van der Waals surface area contributed by atoms with Crippen molar-refractivity contribution in [3.8, 4) is 11.8 Å². The Bertz CT molecular complexity index is 924. The largest absolute Gasteiger partial charge is 0.495 e. The van der Waals surface area contributed by atoms with Crippen LogP contribution in [0.3, 0.4) is 0 Å². The molecule has 1 aromatic carbocycles. The van der Waals surface area contributed by atoms with Crippen molar-refractivity contribution in [1.29, 1.82) is 0 Å². The second-order valence-corrected chi connectivity index (χ2v) is 9.06. The first-order chi connectivity index (χ1) is 13.3. The normalized spacial score (nSPS) is 20.0. The van der Waals surface area contributed by atoms with Crippen molar-refractivity contribution >= 4 is 21.6 Å². The molecule has 0 bridgehead atoms. The Hall–Kier alpha value is -1.90. The maximum atomic E-state index is 12.8. The number of aryl methyl sites for hydroxylation is 2. The fourth-order valence-corrected chi connectivity index (χ4v) is 5.07. The van der Waals surface area contributed by atoms with Gasteiger partial charge in [0.1, 0.15) is 16.7 Å². The molecule has 7 nitrogen and oxygen atoms in total. The number of methoxy groups -OCH3 is 1. The van der Waals surface area contributed by atoms with Gasteiger partial charge in [0.25, 0.3) is 0 Å². The number of hydrogen-bond donors (Lipinski definition) is 1. The number of rotatable bonds is 6. The van der Waals surface area contributed by atoms with Crippen molar-refractivity contribution in [1.82, 2.24) is 14.7 Å². The van der Waals surface area contributed by atoms with Gasteiger partial charge in [-0.25, -0.2) is 23.1 Å². The van der Waals surface area contributed by atoms with Crippen molar-refractivity contribution in [2.75, 3.05) is 7.11 Å². The highest BCUT2D eigenvalue weighted by Gasteiger charge is 2.28. The molecular weight excluding hydrogens is 402 g/mol.